The zero-order valence-electron chi connectivity index (χ0n) is 10.2. The molecule has 0 atom stereocenters. The smallest absolute Gasteiger partial charge is 0.0617 e. The van der Waals surface area contributed by atoms with Crippen molar-refractivity contribution < 1.29 is 0 Å². The molecular weight excluding hydrogens is 238 g/mol. The minimum Gasteiger partial charge on any atom is -0.386 e. The van der Waals surface area contributed by atoms with E-state index in [0.717, 1.165) is 5.56 Å². The molecule has 3 aromatic rings. The van der Waals surface area contributed by atoms with Crippen molar-refractivity contribution in [3.05, 3.63) is 65.5 Å². The second-order valence-corrected chi connectivity index (χ2v) is 4.09. The van der Waals surface area contributed by atoms with Gasteiger partial charge in [0.25, 0.3) is 0 Å². The Labute approximate surface area is 110 Å². The largest absolute Gasteiger partial charge is 0.386 e. The predicted octanol–water partition coefficient (Wildman–Crippen LogP) is 3.07. The lowest BCUT2D eigenvalue weighted by Crippen LogP contribution is -1.84. The van der Waals surface area contributed by atoms with Crippen LogP contribution in [0.2, 0.25) is 0 Å². The zero-order valence-corrected chi connectivity index (χ0v) is 10.2. The molecule has 0 aliphatic heterocycles. The third-order valence-electron chi connectivity index (χ3n) is 2.80. The first kappa shape index (κ1) is 11.4. The Balaban J connectivity index is 1.69. The maximum Gasteiger partial charge on any atom is 0.0617 e. The van der Waals surface area contributed by atoms with Crippen LogP contribution in [0.15, 0.2) is 54.6 Å². The van der Waals surface area contributed by atoms with Crippen LogP contribution in [-0.2, 0) is 6.54 Å². The molecule has 1 heterocycles. The second-order valence-electron chi connectivity index (χ2n) is 4.09. The van der Waals surface area contributed by atoms with Crippen LogP contribution in [0.4, 0.5) is 5.95 Å². The topological polar surface area (TPSA) is 68.6 Å². The number of nitrogens with zero attached hydrogens (tertiary/aromatic N) is 4. The molecule has 0 aliphatic rings. The van der Waals surface area contributed by atoms with E-state index in [1.165, 1.54) is 11.1 Å². The molecule has 0 aliphatic carbocycles. The molecule has 5 nitrogen and oxygen atoms in total. The molecule has 0 unspecified atom stereocenters. The molecule has 19 heavy (non-hydrogen) atoms. The molecule has 0 saturated heterocycles. The monoisotopic (exact) mass is 250 g/mol. The maximum absolute atomic E-state index is 4.22. The van der Waals surface area contributed by atoms with E-state index in [1.54, 1.807) is 0 Å². The zero-order chi connectivity index (χ0) is 12.9. The van der Waals surface area contributed by atoms with Crippen LogP contribution < -0.4 is 0 Å². The Kier molecular flexibility index (Phi) is 3.18. The molecule has 0 saturated carbocycles. The Morgan fingerprint density at radius 3 is 2.32 bits per heavy atom. The van der Waals surface area contributed by atoms with Crippen LogP contribution in [0, 0.1) is 0 Å². The van der Waals surface area contributed by atoms with Gasteiger partial charge in [-0.25, -0.2) is 0 Å². The molecule has 0 radical (unpaired) electrons. The molecule has 5 heteroatoms. The highest BCUT2D eigenvalue weighted by atomic mass is 15.5. The van der Waals surface area contributed by atoms with Crippen molar-refractivity contribution in [2.24, 2.45) is 0 Å². The second kappa shape index (κ2) is 5.30. The first-order valence-corrected chi connectivity index (χ1v) is 5.97. The van der Waals surface area contributed by atoms with E-state index in [1.807, 2.05) is 18.2 Å². The Hall–Kier alpha value is -2.69. The number of aromatic amines is 1. The van der Waals surface area contributed by atoms with Crippen LogP contribution in [-0.4, -0.2) is 20.6 Å². The molecule has 0 spiro atoms. The summed E-state index contributed by atoms with van der Waals surface area (Å²) in [4.78, 5) is 0. The van der Waals surface area contributed by atoms with E-state index < -0.39 is 0 Å². The lowest BCUT2D eigenvalue weighted by molar-refractivity contribution is 0.881. The average molecular weight is 250 g/mol. The SMILES string of the molecule is c1ccc(-c2ccc(C[N-]c3nn[nH]n3)cc2)cc1. The van der Waals surface area contributed by atoms with Crippen molar-refractivity contribution >= 4 is 5.95 Å². The van der Waals surface area contributed by atoms with Crippen LogP contribution in [0.1, 0.15) is 5.56 Å². The fourth-order valence-electron chi connectivity index (χ4n) is 1.82. The molecule has 1 N–H and O–H groups in total. The van der Waals surface area contributed by atoms with Gasteiger partial charge in [0.15, 0.2) is 0 Å². The van der Waals surface area contributed by atoms with E-state index in [-0.39, 0.29) is 0 Å². The molecule has 94 valence electrons. The van der Waals surface area contributed by atoms with Crippen LogP contribution >= 0.6 is 0 Å². The number of hydrogen-bond acceptors (Lipinski definition) is 3. The average Bonchev–Trinajstić information content (AvgIpc) is 3.00. The normalized spacial score (nSPS) is 10.3. The molecule has 2 aromatic carbocycles. The molecule has 1 aromatic heterocycles. The van der Waals surface area contributed by atoms with E-state index in [9.17, 15) is 0 Å². The lowest BCUT2D eigenvalue weighted by atomic mass is 10.0. The van der Waals surface area contributed by atoms with E-state index in [4.69, 9.17) is 0 Å². The standard InChI is InChI=1S/C14H12N5/c1-2-4-12(5-3-1)13-8-6-11(7-9-13)10-15-14-16-18-19-17-14/h1-9H,10H2,(H-,15,16,17,18,19)/q-1. The number of H-pyrrole nitrogens is 1. The summed E-state index contributed by atoms with van der Waals surface area (Å²) in [5.41, 5.74) is 3.53. The fourth-order valence-corrected chi connectivity index (χ4v) is 1.82. The minimum absolute atomic E-state index is 0.382. The van der Waals surface area contributed by atoms with Crippen molar-refractivity contribution in [1.82, 2.24) is 20.6 Å². The number of rotatable bonds is 4. The molecule has 0 fully saturated rings. The predicted molar refractivity (Wildman–Crippen MR) is 72.8 cm³/mol. The number of nitrogens with one attached hydrogen (secondary N) is 1. The number of benzene rings is 2. The van der Waals surface area contributed by atoms with Crippen molar-refractivity contribution in [2.45, 2.75) is 6.54 Å². The molecule has 0 bridgehead atoms. The maximum atomic E-state index is 4.22. The van der Waals surface area contributed by atoms with Gasteiger partial charge in [-0.05, 0) is 16.7 Å². The molecule has 3 rings (SSSR count). The highest BCUT2D eigenvalue weighted by Gasteiger charge is 1.96. The van der Waals surface area contributed by atoms with Gasteiger partial charge in [0.05, 0.1) is 5.95 Å². The van der Waals surface area contributed by atoms with Crippen molar-refractivity contribution in [3.63, 3.8) is 0 Å². The highest BCUT2D eigenvalue weighted by molar-refractivity contribution is 5.63. The summed E-state index contributed by atoms with van der Waals surface area (Å²) < 4.78 is 0. The Morgan fingerprint density at radius 2 is 1.63 bits per heavy atom. The van der Waals surface area contributed by atoms with Gasteiger partial charge in [0.2, 0.25) is 0 Å². The van der Waals surface area contributed by atoms with Gasteiger partial charge >= 0.3 is 0 Å². The quantitative estimate of drug-likeness (QED) is 0.773. The summed E-state index contributed by atoms with van der Waals surface area (Å²) in [5, 5.41) is 17.6. The number of hydrogen-bond donors (Lipinski definition) is 1. The summed E-state index contributed by atoms with van der Waals surface area (Å²) in [6, 6.07) is 18.6. The minimum atomic E-state index is 0.382. The van der Waals surface area contributed by atoms with Crippen LogP contribution in [0.3, 0.4) is 0 Å². The van der Waals surface area contributed by atoms with E-state index in [2.05, 4.69) is 62.3 Å². The third-order valence-corrected chi connectivity index (χ3v) is 2.80. The van der Waals surface area contributed by atoms with Crippen molar-refractivity contribution in [1.29, 1.82) is 0 Å². The summed E-state index contributed by atoms with van der Waals surface area (Å²) in [6.45, 7) is 0.550. The lowest BCUT2D eigenvalue weighted by Gasteiger charge is -2.08. The Morgan fingerprint density at radius 1 is 0.895 bits per heavy atom. The number of tetrazole rings is 1. The van der Waals surface area contributed by atoms with E-state index in [0.29, 0.717) is 12.5 Å². The summed E-state index contributed by atoms with van der Waals surface area (Å²) >= 11 is 0. The van der Waals surface area contributed by atoms with Gasteiger partial charge in [-0.2, -0.15) is 0 Å². The summed E-state index contributed by atoms with van der Waals surface area (Å²) in [6.07, 6.45) is 0. The summed E-state index contributed by atoms with van der Waals surface area (Å²) in [5.74, 6) is 0.382. The molecule has 0 amide bonds. The van der Waals surface area contributed by atoms with E-state index >= 15 is 0 Å². The van der Waals surface area contributed by atoms with Gasteiger partial charge in [-0.1, -0.05) is 54.6 Å². The van der Waals surface area contributed by atoms with Crippen molar-refractivity contribution in [3.8, 4) is 11.1 Å². The fraction of sp³-hybridized carbons (Fsp3) is 0.0714. The third kappa shape index (κ3) is 2.77. The summed E-state index contributed by atoms with van der Waals surface area (Å²) in [7, 11) is 0. The first-order chi connectivity index (χ1) is 9.42. The van der Waals surface area contributed by atoms with Gasteiger partial charge < -0.3 is 5.32 Å². The van der Waals surface area contributed by atoms with Gasteiger partial charge in [-0.3, -0.25) is 15.4 Å². The number of aromatic nitrogens is 4. The van der Waals surface area contributed by atoms with Crippen LogP contribution in [0.25, 0.3) is 16.4 Å². The highest BCUT2D eigenvalue weighted by Crippen LogP contribution is 2.21. The first-order valence-electron chi connectivity index (χ1n) is 5.97. The van der Waals surface area contributed by atoms with Crippen LogP contribution in [0.5, 0.6) is 0 Å². The van der Waals surface area contributed by atoms with Gasteiger partial charge in [-0.15, -0.1) is 5.21 Å². The van der Waals surface area contributed by atoms with Gasteiger partial charge in [0, 0.05) is 6.54 Å². The van der Waals surface area contributed by atoms with Crippen molar-refractivity contribution in [2.75, 3.05) is 0 Å². The Bertz CT molecular complexity index is 617. The van der Waals surface area contributed by atoms with Gasteiger partial charge in [0.1, 0.15) is 0 Å². The molecular formula is C14H12N5-.